The third kappa shape index (κ3) is 3.99. The van der Waals surface area contributed by atoms with Crippen LogP contribution in [0.2, 0.25) is 0 Å². The second-order valence-corrected chi connectivity index (χ2v) is 6.88. The van der Waals surface area contributed by atoms with Crippen LogP contribution in [0, 0.1) is 5.82 Å². The van der Waals surface area contributed by atoms with E-state index in [-0.39, 0.29) is 4.90 Å². The van der Waals surface area contributed by atoms with Crippen LogP contribution in [0.4, 0.5) is 4.39 Å². The highest BCUT2D eigenvalue weighted by Crippen LogP contribution is 2.15. The first-order chi connectivity index (χ1) is 8.97. The number of nitrogens with zero attached hydrogens (tertiary/aromatic N) is 1. The van der Waals surface area contributed by atoms with E-state index in [0.717, 1.165) is 45.0 Å². The van der Waals surface area contributed by atoms with Crippen molar-refractivity contribution in [2.45, 2.75) is 11.3 Å². The summed E-state index contributed by atoms with van der Waals surface area (Å²) in [6.45, 7) is 4.69. The highest BCUT2D eigenvalue weighted by Gasteiger charge is 2.13. The van der Waals surface area contributed by atoms with Gasteiger partial charge in [-0.05, 0) is 24.1 Å². The minimum Gasteiger partial charge on any atom is -0.314 e. The molecule has 0 amide bonds. The number of halogens is 1. The second-order valence-electron chi connectivity index (χ2n) is 4.87. The number of piperazine rings is 1. The molecule has 19 heavy (non-hydrogen) atoms. The van der Waals surface area contributed by atoms with Gasteiger partial charge in [0, 0.05) is 39.0 Å². The molecule has 0 aliphatic carbocycles. The highest BCUT2D eigenvalue weighted by atomic mass is 32.2. The molecule has 0 bridgehead atoms. The Morgan fingerprint density at radius 2 is 2.00 bits per heavy atom. The molecule has 0 radical (unpaired) electrons. The van der Waals surface area contributed by atoms with Gasteiger partial charge in [0.05, 0.1) is 4.90 Å². The lowest BCUT2D eigenvalue weighted by atomic mass is 10.1. The van der Waals surface area contributed by atoms with Crippen LogP contribution in [0.1, 0.15) is 5.56 Å². The molecule has 1 aromatic rings. The molecule has 1 aromatic carbocycles. The van der Waals surface area contributed by atoms with Gasteiger partial charge in [-0.1, -0.05) is 6.07 Å². The standard InChI is InChI=1S/C13H19FN2O2S/c1-19(17,18)12-3-2-11(13(14)10-12)4-7-16-8-5-15-6-9-16/h2-3,10,15H,4-9H2,1H3. The molecular formula is C13H19FN2O2S. The Balaban J connectivity index is 2.01. The molecule has 2 rings (SSSR count). The van der Waals surface area contributed by atoms with Gasteiger partial charge in [-0.25, -0.2) is 12.8 Å². The minimum absolute atomic E-state index is 0.0379. The van der Waals surface area contributed by atoms with E-state index in [9.17, 15) is 12.8 Å². The van der Waals surface area contributed by atoms with Crippen molar-refractivity contribution in [2.24, 2.45) is 0 Å². The SMILES string of the molecule is CS(=O)(=O)c1ccc(CCN2CCNCC2)c(F)c1. The summed E-state index contributed by atoms with van der Waals surface area (Å²) in [4.78, 5) is 2.32. The predicted octanol–water partition coefficient (Wildman–Crippen LogP) is 0.677. The third-order valence-corrected chi connectivity index (χ3v) is 4.47. The molecule has 1 fully saturated rings. The van der Waals surface area contributed by atoms with Crippen molar-refractivity contribution >= 4 is 9.84 Å². The normalized spacial score (nSPS) is 17.6. The molecule has 0 saturated carbocycles. The maximum atomic E-state index is 13.8. The molecule has 0 aromatic heterocycles. The van der Waals surface area contributed by atoms with Gasteiger partial charge in [-0.15, -0.1) is 0 Å². The fraction of sp³-hybridized carbons (Fsp3) is 0.538. The van der Waals surface area contributed by atoms with Crippen LogP contribution >= 0.6 is 0 Å². The topological polar surface area (TPSA) is 49.4 Å². The molecule has 4 nitrogen and oxygen atoms in total. The molecule has 1 N–H and O–H groups in total. The van der Waals surface area contributed by atoms with Gasteiger partial charge in [0.25, 0.3) is 0 Å². The zero-order valence-electron chi connectivity index (χ0n) is 11.0. The summed E-state index contributed by atoms with van der Waals surface area (Å²) in [5, 5.41) is 3.27. The number of hydrogen-bond donors (Lipinski definition) is 1. The first-order valence-corrected chi connectivity index (χ1v) is 8.27. The van der Waals surface area contributed by atoms with E-state index in [1.54, 1.807) is 6.07 Å². The maximum absolute atomic E-state index is 13.8. The summed E-state index contributed by atoms with van der Waals surface area (Å²) >= 11 is 0. The fourth-order valence-corrected chi connectivity index (χ4v) is 2.81. The molecule has 1 aliphatic heterocycles. The monoisotopic (exact) mass is 286 g/mol. The zero-order valence-corrected chi connectivity index (χ0v) is 11.8. The van der Waals surface area contributed by atoms with Crippen LogP contribution in [0.25, 0.3) is 0 Å². The van der Waals surface area contributed by atoms with Crippen LogP contribution in [0.5, 0.6) is 0 Å². The third-order valence-electron chi connectivity index (χ3n) is 3.36. The molecule has 6 heteroatoms. The van der Waals surface area contributed by atoms with E-state index in [1.807, 2.05) is 0 Å². The number of hydrogen-bond acceptors (Lipinski definition) is 4. The summed E-state index contributed by atoms with van der Waals surface area (Å²) in [5.74, 6) is -0.432. The lowest BCUT2D eigenvalue weighted by molar-refractivity contribution is 0.243. The van der Waals surface area contributed by atoms with Crippen molar-refractivity contribution in [3.8, 4) is 0 Å². The molecule has 0 atom stereocenters. The van der Waals surface area contributed by atoms with E-state index in [1.165, 1.54) is 6.07 Å². The van der Waals surface area contributed by atoms with Gasteiger partial charge in [0.15, 0.2) is 9.84 Å². The van der Waals surface area contributed by atoms with Crippen molar-refractivity contribution in [3.63, 3.8) is 0 Å². The van der Waals surface area contributed by atoms with E-state index >= 15 is 0 Å². The van der Waals surface area contributed by atoms with Crippen LogP contribution in [-0.2, 0) is 16.3 Å². The van der Waals surface area contributed by atoms with Gasteiger partial charge in [0.2, 0.25) is 0 Å². The van der Waals surface area contributed by atoms with Crippen molar-refractivity contribution in [1.82, 2.24) is 10.2 Å². The zero-order chi connectivity index (χ0) is 13.9. The molecule has 1 saturated heterocycles. The average molecular weight is 286 g/mol. The van der Waals surface area contributed by atoms with Gasteiger partial charge in [-0.2, -0.15) is 0 Å². The van der Waals surface area contributed by atoms with Crippen LogP contribution in [-0.4, -0.2) is 52.3 Å². The summed E-state index contributed by atoms with van der Waals surface area (Å²) in [6, 6.07) is 4.17. The Morgan fingerprint density at radius 1 is 1.32 bits per heavy atom. The first kappa shape index (κ1) is 14.4. The quantitative estimate of drug-likeness (QED) is 0.884. The molecule has 106 valence electrons. The Labute approximate surface area is 113 Å². The minimum atomic E-state index is -3.34. The van der Waals surface area contributed by atoms with Gasteiger partial charge in [-0.3, -0.25) is 0 Å². The maximum Gasteiger partial charge on any atom is 0.175 e. The number of nitrogens with one attached hydrogen (secondary N) is 1. The van der Waals surface area contributed by atoms with Crippen LogP contribution in [0.15, 0.2) is 23.1 Å². The van der Waals surface area contributed by atoms with Crippen molar-refractivity contribution in [3.05, 3.63) is 29.6 Å². The van der Waals surface area contributed by atoms with Gasteiger partial charge in [0.1, 0.15) is 5.82 Å². The predicted molar refractivity (Wildman–Crippen MR) is 72.5 cm³/mol. The molecular weight excluding hydrogens is 267 g/mol. The van der Waals surface area contributed by atoms with Gasteiger partial charge < -0.3 is 10.2 Å². The number of rotatable bonds is 4. The van der Waals surface area contributed by atoms with E-state index < -0.39 is 15.7 Å². The lowest BCUT2D eigenvalue weighted by Crippen LogP contribution is -2.44. The summed E-state index contributed by atoms with van der Waals surface area (Å²) < 4.78 is 36.5. The largest absolute Gasteiger partial charge is 0.314 e. The number of sulfone groups is 1. The summed E-state index contributed by atoms with van der Waals surface area (Å²) in [7, 11) is -3.34. The number of benzene rings is 1. The average Bonchev–Trinajstić information content (AvgIpc) is 2.37. The second kappa shape index (κ2) is 5.98. The van der Waals surface area contributed by atoms with E-state index in [0.29, 0.717) is 12.0 Å². The Morgan fingerprint density at radius 3 is 2.58 bits per heavy atom. The smallest absolute Gasteiger partial charge is 0.175 e. The van der Waals surface area contributed by atoms with Crippen molar-refractivity contribution in [2.75, 3.05) is 39.0 Å². The Kier molecular flexibility index (Phi) is 4.54. The fourth-order valence-electron chi connectivity index (χ4n) is 2.17. The lowest BCUT2D eigenvalue weighted by Gasteiger charge is -2.27. The van der Waals surface area contributed by atoms with Gasteiger partial charge >= 0.3 is 0 Å². The molecule has 1 heterocycles. The van der Waals surface area contributed by atoms with E-state index in [4.69, 9.17) is 0 Å². The Hall–Kier alpha value is -0.980. The van der Waals surface area contributed by atoms with E-state index in [2.05, 4.69) is 10.2 Å². The van der Waals surface area contributed by atoms with Crippen LogP contribution < -0.4 is 5.32 Å². The summed E-state index contributed by atoms with van der Waals surface area (Å²) in [6.07, 6.45) is 1.69. The first-order valence-electron chi connectivity index (χ1n) is 6.38. The summed E-state index contributed by atoms with van der Waals surface area (Å²) in [5.41, 5.74) is 0.575. The highest BCUT2D eigenvalue weighted by molar-refractivity contribution is 7.90. The molecule has 0 unspecified atom stereocenters. The van der Waals surface area contributed by atoms with Crippen LogP contribution in [0.3, 0.4) is 0 Å². The Bertz CT molecular complexity index is 540. The molecule has 1 aliphatic rings. The van der Waals surface area contributed by atoms with Crippen molar-refractivity contribution in [1.29, 1.82) is 0 Å². The molecule has 0 spiro atoms. The van der Waals surface area contributed by atoms with Crippen molar-refractivity contribution < 1.29 is 12.8 Å².